The molecule has 4 rings (SSSR count). The molecule has 7 nitrogen and oxygen atoms in total. The molecular formula is C21H28N4O3S. The molecule has 0 radical (unpaired) electrons. The standard InChI is InChI=1S/C21H28N4O3S/c26-21(23-14-9-19(10-15-23)24-16-11-22-17-24)18-5-7-20(8-6-18)29(27,28)25-12-3-1-2-4-13-25/h5-8,11,16-17,19H,1-4,9-10,12-15H2. The largest absolute Gasteiger partial charge is 0.338 e. The quantitative estimate of drug-likeness (QED) is 0.768. The van der Waals surface area contributed by atoms with Gasteiger partial charge in [0.05, 0.1) is 11.2 Å². The Bertz CT molecular complexity index is 909. The highest BCUT2D eigenvalue weighted by molar-refractivity contribution is 7.89. The van der Waals surface area contributed by atoms with Gasteiger partial charge in [-0.15, -0.1) is 0 Å². The maximum Gasteiger partial charge on any atom is 0.253 e. The summed E-state index contributed by atoms with van der Waals surface area (Å²) in [6.07, 6.45) is 11.3. The Balaban J connectivity index is 1.40. The number of piperidine rings is 1. The van der Waals surface area contributed by atoms with Gasteiger partial charge in [0, 0.05) is 50.2 Å². The first-order chi connectivity index (χ1) is 14.1. The Morgan fingerprint density at radius 3 is 2.17 bits per heavy atom. The number of amides is 1. The molecule has 0 aliphatic carbocycles. The minimum absolute atomic E-state index is 0.0344. The average molecular weight is 417 g/mol. The van der Waals surface area contributed by atoms with E-state index in [1.54, 1.807) is 34.8 Å². The first-order valence-electron chi connectivity index (χ1n) is 10.4. The lowest BCUT2D eigenvalue weighted by atomic mass is 10.0. The van der Waals surface area contributed by atoms with E-state index >= 15 is 0 Å². The van der Waals surface area contributed by atoms with Gasteiger partial charge >= 0.3 is 0 Å². The van der Waals surface area contributed by atoms with Gasteiger partial charge in [0.2, 0.25) is 10.0 Å². The molecule has 1 aromatic carbocycles. The summed E-state index contributed by atoms with van der Waals surface area (Å²) in [5.74, 6) is -0.0344. The number of hydrogen-bond acceptors (Lipinski definition) is 4. The molecule has 0 bridgehead atoms. The molecule has 156 valence electrons. The molecule has 29 heavy (non-hydrogen) atoms. The zero-order chi connectivity index (χ0) is 20.3. The van der Waals surface area contributed by atoms with E-state index in [1.807, 2.05) is 17.4 Å². The van der Waals surface area contributed by atoms with Crippen LogP contribution in [0, 0.1) is 0 Å². The van der Waals surface area contributed by atoms with E-state index in [2.05, 4.69) is 9.55 Å². The number of carbonyl (C=O) groups is 1. The smallest absolute Gasteiger partial charge is 0.253 e. The lowest BCUT2D eigenvalue weighted by Gasteiger charge is -2.32. The van der Waals surface area contributed by atoms with Crippen LogP contribution >= 0.6 is 0 Å². The van der Waals surface area contributed by atoms with Crippen molar-refractivity contribution in [1.29, 1.82) is 0 Å². The third-order valence-electron chi connectivity index (χ3n) is 6.00. The second kappa shape index (κ2) is 8.67. The molecule has 0 unspecified atom stereocenters. The van der Waals surface area contributed by atoms with E-state index in [4.69, 9.17) is 0 Å². The van der Waals surface area contributed by atoms with Crippen LogP contribution in [0.4, 0.5) is 0 Å². The van der Waals surface area contributed by atoms with Crippen molar-refractivity contribution < 1.29 is 13.2 Å². The highest BCUT2D eigenvalue weighted by Crippen LogP contribution is 2.24. The molecule has 0 saturated carbocycles. The number of rotatable bonds is 4. The van der Waals surface area contributed by atoms with Gasteiger partial charge in [-0.2, -0.15) is 4.31 Å². The summed E-state index contributed by atoms with van der Waals surface area (Å²) in [6.45, 7) is 2.54. The first-order valence-corrected chi connectivity index (χ1v) is 11.9. The van der Waals surface area contributed by atoms with Crippen LogP contribution in [-0.4, -0.2) is 59.3 Å². The Labute approximate surface area is 172 Å². The second-order valence-corrected chi connectivity index (χ2v) is 9.81. The molecule has 2 aromatic rings. The Kier molecular flexibility index (Phi) is 6.01. The minimum Gasteiger partial charge on any atom is -0.338 e. The molecule has 0 spiro atoms. The van der Waals surface area contributed by atoms with Crippen LogP contribution in [0.3, 0.4) is 0 Å². The van der Waals surface area contributed by atoms with Crippen molar-refractivity contribution in [3.05, 3.63) is 48.5 Å². The lowest BCUT2D eigenvalue weighted by molar-refractivity contribution is 0.0694. The van der Waals surface area contributed by atoms with Gasteiger partial charge in [-0.1, -0.05) is 12.8 Å². The zero-order valence-corrected chi connectivity index (χ0v) is 17.4. The van der Waals surface area contributed by atoms with Gasteiger partial charge in [-0.05, 0) is 49.9 Å². The Morgan fingerprint density at radius 2 is 1.59 bits per heavy atom. The van der Waals surface area contributed by atoms with Gasteiger partial charge in [-0.3, -0.25) is 4.79 Å². The van der Waals surface area contributed by atoms with Crippen LogP contribution in [0.25, 0.3) is 0 Å². The molecule has 2 aliphatic rings. The zero-order valence-electron chi connectivity index (χ0n) is 16.6. The van der Waals surface area contributed by atoms with E-state index in [9.17, 15) is 13.2 Å². The van der Waals surface area contributed by atoms with Crippen molar-refractivity contribution in [2.75, 3.05) is 26.2 Å². The number of imidazole rings is 1. The number of carbonyl (C=O) groups excluding carboxylic acids is 1. The summed E-state index contributed by atoms with van der Waals surface area (Å²) < 4.78 is 29.5. The maximum absolute atomic E-state index is 12.9. The number of nitrogens with zero attached hydrogens (tertiary/aromatic N) is 4. The van der Waals surface area contributed by atoms with Gasteiger partial charge in [-0.25, -0.2) is 13.4 Å². The Hall–Kier alpha value is -2.19. The molecule has 8 heteroatoms. The number of sulfonamides is 1. The summed E-state index contributed by atoms with van der Waals surface area (Å²) >= 11 is 0. The maximum atomic E-state index is 12.9. The average Bonchev–Trinajstić information content (AvgIpc) is 3.15. The van der Waals surface area contributed by atoms with Crippen molar-refractivity contribution in [2.45, 2.75) is 49.5 Å². The summed E-state index contributed by atoms with van der Waals surface area (Å²) in [6, 6.07) is 6.82. The summed E-state index contributed by atoms with van der Waals surface area (Å²) in [5.41, 5.74) is 0.542. The summed E-state index contributed by atoms with van der Waals surface area (Å²) in [5, 5.41) is 0. The highest BCUT2D eigenvalue weighted by atomic mass is 32.2. The molecule has 0 atom stereocenters. The number of hydrogen-bond donors (Lipinski definition) is 0. The van der Waals surface area contributed by atoms with E-state index in [0.29, 0.717) is 37.8 Å². The van der Waals surface area contributed by atoms with Crippen molar-refractivity contribution in [3.63, 3.8) is 0 Å². The van der Waals surface area contributed by atoms with Crippen molar-refractivity contribution in [2.24, 2.45) is 0 Å². The minimum atomic E-state index is -3.49. The predicted octanol–water partition coefficient (Wildman–Crippen LogP) is 2.93. The molecular weight excluding hydrogens is 388 g/mol. The fourth-order valence-corrected chi connectivity index (χ4v) is 5.75. The molecule has 2 aliphatic heterocycles. The van der Waals surface area contributed by atoms with Crippen LogP contribution in [0.15, 0.2) is 47.9 Å². The van der Waals surface area contributed by atoms with E-state index in [-0.39, 0.29) is 10.8 Å². The van der Waals surface area contributed by atoms with Crippen molar-refractivity contribution in [3.8, 4) is 0 Å². The van der Waals surface area contributed by atoms with Crippen LogP contribution < -0.4 is 0 Å². The van der Waals surface area contributed by atoms with Crippen LogP contribution in [0.2, 0.25) is 0 Å². The molecule has 1 aromatic heterocycles. The topological polar surface area (TPSA) is 75.5 Å². The van der Waals surface area contributed by atoms with Crippen LogP contribution in [-0.2, 0) is 10.0 Å². The highest BCUT2D eigenvalue weighted by Gasteiger charge is 2.27. The van der Waals surface area contributed by atoms with Crippen LogP contribution in [0.5, 0.6) is 0 Å². The fourth-order valence-electron chi connectivity index (χ4n) is 4.24. The molecule has 2 saturated heterocycles. The normalized spacial score (nSPS) is 19.8. The van der Waals surface area contributed by atoms with E-state index in [1.165, 1.54) is 0 Å². The van der Waals surface area contributed by atoms with Gasteiger partial charge in [0.15, 0.2) is 0 Å². The van der Waals surface area contributed by atoms with E-state index < -0.39 is 10.0 Å². The first kappa shape index (κ1) is 20.1. The number of aromatic nitrogens is 2. The lowest BCUT2D eigenvalue weighted by Crippen LogP contribution is -2.39. The summed E-state index contributed by atoms with van der Waals surface area (Å²) in [7, 11) is -3.49. The van der Waals surface area contributed by atoms with Gasteiger partial charge in [0.25, 0.3) is 5.91 Å². The third-order valence-corrected chi connectivity index (χ3v) is 7.92. The third kappa shape index (κ3) is 4.38. The van der Waals surface area contributed by atoms with Crippen LogP contribution in [0.1, 0.15) is 54.9 Å². The van der Waals surface area contributed by atoms with Gasteiger partial charge < -0.3 is 9.47 Å². The summed E-state index contributed by atoms with van der Waals surface area (Å²) in [4.78, 5) is 19.1. The molecule has 1 amide bonds. The van der Waals surface area contributed by atoms with Crippen molar-refractivity contribution in [1.82, 2.24) is 18.8 Å². The number of benzene rings is 1. The number of likely N-dealkylation sites (tertiary alicyclic amines) is 1. The fraction of sp³-hybridized carbons (Fsp3) is 0.524. The van der Waals surface area contributed by atoms with E-state index in [0.717, 1.165) is 38.5 Å². The van der Waals surface area contributed by atoms with Gasteiger partial charge in [0.1, 0.15) is 0 Å². The monoisotopic (exact) mass is 416 g/mol. The van der Waals surface area contributed by atoms with Crippen molar-refractivity contribution >= 4 is 15.9 Å². The SMILES string of the molecule is O=C(c1ccc(S(=O)(=O)N2CCCCCC2)cc1)N1CCC(n2ccnc2)CC1. The second-order valence-electron chi connectivity index (χ2n) is 7.88. The predicted molar refractivity (Wildman–Crippen MR) is 110 cm³/mol. The Morgan fingerprint density at radius 1 is 0.931 bits per heavy atom. The molecule has 2 fully saturated rings. The molecule has 3 heterocycles. The molecule has 0 N–H and O–H groups in total.